The number of piperidine rings is 1. The summed E-state index contributed by atoms with van der Waals surface area (Å²) in [7, 11) is 0. The number of likely N-dealkylation sites (tertiary alicyclic amines) is 1. The van der Waals surface area contributed by atoms with E-state index in [1.54, 1.807) is 0 Å². The minimum absolute atomic E-state index is 0.124. The first-order valence-electron chi connectivity index (χ1n) is 9.23. The van der Waals surface area contributed by atoms with Crippen molar-refractivity contribution in [3.63, 3.8) is 0 Å². The predicted octanol–water partition coefficient (Wildman–Crippen LogP) is 3.73. The van der Waals surface area contributed by atoms with E-state index < -0.39 is 5.97 Å². The zero-order valence-corrected chi connectivity index (χ0v) is 14.9. The predicted molar refractivity (Wildman–Crippen MR) is 101 cm³/mol. The number of carbonyl (C=O) groups is 2. The molecule has 0 aromatic heterocycles. The molecule has 1 fully saturated rings. The van der Waals surface area contributed by atoms with Crippen molar-refractivity contribution in [3.8, 4) is 0 Å². The lowest BCUT2D eigenvalue weighted by molar-refractivity contribution is -0.145. The molecule has 0 saturated carbocycles. The van der Waals surface area contributed by atoms with Crippen LogP contribution in [0.15, 0.2) is 60.7 Å². The quantitative estimate of drug-likeness (QED) is 0.863. The van der Waals surface area contributed by atoms with Crippen LogP contribution >= 0.6 is 0 Å². The zero-order valence-electron chi connectivity index (χ0n) is 14.9. The normalized spacial score (nSPS) is 16.2. The number of amides is 1. The van der Waals surface area contributed by atoms with E-state index in [1.165, 1.54) is 11.1 Å². The van der Waals surface area contributed by atoms with Crippen LogP contribution in [0, 0.1) is 5.92 Å². The molecule has 1 heterocycles. The van der Waals surface area contributed by atoms with Crippen LogP contribution < -0.4 is 0 Å². The molecule has 0 bridgehead atoms. The largest absolute Gasteiger partial charge is 0.481 e. The topological polar surface area (TPSA) is 57.6 Å². The Labute approximate surface area is 154 Å². The maximum atomic E-state index is 12.8. The highest BCUT2D eigenvalue weighted by molar-refractivity contribution is 5.78. The van der Waals surface area contributed by atoms with E-state index in [1.807, 2.05) is 41.3 Å². The fourth-order valence-electron chi connectivity index (χ4n) is 3.65. The summed E-state index contributed by atoms with van der Waals surface area (Å²) in [5.74, 6) is -0.807. The molecule has 4 heteroatoms. The van der Waals surface area contributed by atoms with Crippen LogP contribution in [0.3, 0.4) is 0 Å². The molecule has 1 aliphatic heterocycles. The molecule has 1 N–H and O–H groups in total. The Kier molecular flexibility index (Phi) is 6.05. The first-order chi connectivity index (χ1) is 12.6. The number of aliphatic carboxylic acids is 1. The third-order valence-electron chi connectivity index (χ3n) is 5.21. The number of hydrogen-bond acceptors (Lipinski definition) is 2. The minimum atomic E-state index is -0.747. The summed E-state index contributed by atoms with van der Waals surface area (Å²) in [6.45, 7) is 1.09. The molecule has 1 amide bonds. The van der Waals surface area contributed by atoms with E-state index in [4.69, 9.17) is 5.11 Å². The summed E-state index contributed by atoms with van der Waals surface area (Å²) in [6.07, 6.45) is 2.38. The number of hydrogen-bond donors (Lipinski definition) is 1. The molecule has 0 aliphatic carbocycles. The van der Waals surface area contributed by atoms with Crippen molar-refractivity contribution in [1.82, 2.24) is 4.90 Å². The summed E-state index contributed by atoms with van der Waals surface area (Å²) in [4.78, 5) is 25.8. The first-order valence-corrected chi connectivity index (χ1v) is 9.23. The van der Waals surface area contributed by atoms with Crippen molar-refractivity contribution in [2.24, 2.45) is 5.92 Å². The standard InChI is InChI=1S/C22H25NO3/c24-21(23-13-11-19(12-14-23)22(25)26)16-20(18-9-5-2-6-10-18)15-17-7-3-1-4-8-17/h1-10,19-20H,11-16H2,(H,25,26). The van der Waals surface area contributed by atoms with Gasteiger partial charge in [0.25, 0.3) is 0 Å². The van der Waals surface area contributed by atoms with Gasteiger partial charge in [-0.3, -0.25) is 9.59 Å². The third-order valence-corrected chi connectivity index (χ3v) is 5.21. The summed E-state index contributed by atoms with van der Waals surface area (Å²) < 4.78 is 0. The van der Waals surface area contributed by atoms with Crippen LogP contribution in [0.25, 0.3) is 0 Å². The van der Waals surface area contributed by atoms with Gasteiger partial charge >= 0.3 is 5.97 Å². The molecule has 1 unspecified atom stereocenters. The number of benzene rings is 2. The first kappa shape index (κ1) is 18.2. The Bertz CT molecular complexity index is 722. The van der Waals surface area contributed by atoms with Crippen LogP contribution in [0.5, 0.6) is 0 Å². The van der Waals surface area contributed by atoms with E-state index in [-0.39, 0.29) is 17.7 Å². The van der Waals surface area contributed by atoms with E-state index >= 15 is 0 Å². The smallest absolute Gasteiger partial charge is 0.306 e. The van der Waals surface area contributed by atoms with Gasteiger partial charge < -0.3 is 10.0 Å². The summed E-state index contributed by atoms with van der Waals surface area (Å²) in [5.41, 5.74) is 2.39. The number of carboxylic acids is 1. The molecular formula is C22H25NO3. The van der Waals surface area contributed by atoms with E-state index in [2.05, 4.69) is 24.3 Å². The molecule has 4 nitrogen and oxygen atoms in total. The summed E-state index contributed by atoms with van der Waals surface area (Å²) in [5, 5.41) is 9.12. The second-order valence-electron chi connectivity index (χ2n) is 6.99. The average Bonchev–Trinajstić information content (AvgIpc) is 2.69. The highest BCUT2D eigenvalue weighted by atomic mass is 16.4. The average molecular weight is 351 g/mol. The van der Waals surface area contributed by atoms with Gasteiger partial charge in [-0.25, -0.2) is 0 Å². The van der Waals surface area contributed by atoms with Gasteiger partial charge in [0, 0.05) is 19.5 Å². The van der Waals surface area contributed by atoms with Gasteiger partial charge in [-0.05, 0) is 36.3 Å². The number of rotatable bonds is 6. The molecule has 2 aromatic carbocycles. The minimum Gasteiger partial charge on any atom is -0.481 e. The summed E-state index contributed by atoms with van der Waals surface area (Å²) in [6, 6.07) is 20.4. The van der Waals surface area contributed by atoms with E-state index in [9.17, 15) is 9.59 Å². The lowest BCUT2D eigenvalue weighted by Gasteiger charge is -2.31. The fourth-order valence-corrected chi connectivity index (χ4v) is 3.65. The number of carboxylic acid groups (broad SMARTS) is 1. The van der Waals surface area contributed by atoms with Crippen molar-refractivity contribution in [3.05, 3.63) is 71.8 Å². The van der Waals surface area contributed by atoms with Gasteiger partial charge in [0.05, 0.1) is 5.92 Å². The lowest BCUT2D eigenvalue weighted by Crippen LogP contribution is -2.40. The SMILES string of the molecule is O=C(O)C1CCN(C(=O)CC(Cc2ccccc2)c2ccccc2)CC1. The van der Waals surface area contributed by atoms with Gasteiger partial charge in [-0.15, -0.1) is 0 Å². The van der Waals surface area contributed by atoms with E-state index in [0.717, 1.165) is 6.42 Å². The van der Waals surface area contributed by atoms with Gasteiger partial charge in [0.1, 0.15) is 0 Å². The fraction of sp³-hybridized carbons (Fsp3) is 0.364. The Balaban J connectivity index is 1.67. The Morgan fingerprint density at radius 1 is 0.962 bits per heavy atom. The highest BCUT2D eigenvalue weighted by Gasteiger charge is 2.28. The van der Waals surface area contributed by atoms with Crippen molar-refractivity contribution >= 4 is 11.9 Å². The van der Waals surface area contributed by atoms with Gasteiger partial charge in [-0.1, -0.05) is 60.7 Å². The summed E-state index contributed by atoms with van der Waals surface area (Å²) >= 11 is 0. The monoisotopic (exact) mass is 351 g/mol. The molecular weight excluding hydrogens is 326 g/mol. The van der Waals surface area contributed by atoms with Crippen molar-refractivity contribution < 1.29 is 14.7 Å². The third kappa shape index (κ3) is 4.72. The second kappa shape index (κ2) is 8.65. The van der Waals surface area contributed by atoms with Crippen molar-refractivity contribution in [2.75, 3.05) is 13.1 Å². The Hall–Kier alpha value is -2.62. The lowest BCUT2D eigenvalue weighted by atomic mass is 9.88. The van der Waals surface area contributed by atoms with Crippen molar-refractivity contribution in [2.45, 2.75) is 31.6 Å². The highest BCUT2D eigenvalue weighted by Crippen LogP contribution is 2.27. The van der Waals surface area contributed by atoms with Crippen LogP contribution in [0.4, 0.5) is 0 Å². The molecule has 1 saturated heterocycles. The maximum Gasteiger partial charge on any atom is 0.306 e. The number of carbonyl (C=O) groups excluding carboxylic acids is 1. The molecule has 0 spiro atoms. The number of nitrogens with zero attached hydrogens (tertiary/aromatic N) is 1. The van der Waals surface area contributed by atoms with Gasteiger partial charge in [0.2, 0.25) is 5.91 Å². The molecule has 0 radical (unpaired) electrons. The molecule has 2 aromatic rings. The van der Waals surface area contributed by atoms with Crippen LogP contribution in [-0.4, -0.2) is 35.0 Å². The Morgan fingerprint density at radius 2 is 1.54 bits per heavy atom. The molecule has 3 rings (SSSR count). The van der Waals surface area contributed by atoms with Crippen LogP contribution in [0.2, 0.25) is 0 Å². The van der Waals surface area contributed by atoms with Crippen LogP contribution in [-0.2, 0) is 16.0 Å². The molecule has 136 valence electrons. The molecule has 1 aliphatic rings. The van der Waals surface area contributed by atoms with E-state index in [0.29, 0.717) is 32.4 Å². The van der Waals surface area contributed by atoms with Crippen molar-refractivity contribution in [1.29, 1.82) is 0 Å². The zero-order chi connectivity index (χ0) is 18.4. The van der Waals surface area contributed by atoms with Gasteiger partial charge in [0.15, 0.2) is 0 Å². The second-order valence-corrected chi connectivity index (χ2v) is 6.99. The molecule has 26 heavy (non-hydrogen) atoms. The Morgan fingerprint density at radius 3 is 2.12 bits per heavy atom. The maximum absolute atomic E-state index is 12.8. The molecule has 1 atom stereocenters. The van der Waals surface area contributed by atoms with Gasteiger partial charge in [-0.2, -0.15) is 0 Å². The van der Waals surface area contributed by atoms with Crippen LogP contribution in [0.1, 0.15) is 36.3 Å².